The van der Waals surface area contributed by atoms with Crippen LogP contribution in [0.3, 0.4) is 0 Å². The Hall–Kier alpha value is -1.19. The van der Waals surface area contributed by atoms with Gasteiger partial charge in [-0.3, -0.25) is 4.79 Å². The summed E-state index contributed by atoms with van der Waals surface area (Å²) in [5, 5.41) is 0. The van der Waals surface area contributed by atoms with Crippen molar-refractivity contribution in [2.75, 3.05) is 6.61 Å². The molecular weight excluding hydrogens is 204 g/mol. The largest absolute Gasteiger partial charge is 0.351 e. The molecule has 0 spiro atoms. The lowest BCUT2D eigenvalue weighted by molar-refractivity contribution is -0.184. The monoisotopic (exact) mass is 220 g/mol. The molecule has 0 amide bonds. The van der Waals surface area contributed by atoms with Gasteiger partial charge in [0.1, 0.15) is 5.78 Å². The zero-order valence-corrected chi connectivity index (χ0v) is 9.39. The molecule has 1 heterocycles. The van der Waals surface area contributed by atoms with Crippen molar-refractivity contribution in [3.63, 3.8) is 0 Å². The maximum atomic E-state index is 11.5. The van der Waals surface area contributed by atoms with Gasteiger partial charge in [-0.15, -0.1) is 0 Å². The van der Waals surface area contributed by atoms with E-state index >= 15 is 0 Å². The second-order valence-electron chi connectivity index (χ2n) is 4.13. The van der Waals surface area contributed by atoms with Crippen molar-refractivity contribution >= 4 is 5.78 Å². The molecule has 1 saturated heterocycles. The smallest absolute Gasteiger partial charge is 0.164 e. The van der Waals surface area contributed by atoms with Gasteiger partial charge in [0.25, 0.3) is 0 Å². The molecule has 1 fully saturated rings. The van der Waals surface area contributed by atoms with Crippen molar-refractivity contribution in [1.29, 1.82) is 0 Å². The van der Waals surface area contributed by atoms with E-state index in [1.807, 2.05) is 37.3 Å². The fourth-order valence-corrected chi connectivity index (χ4v) is 1.64. The number of Topliss-reactive ketones (excluding diaryl/α,β-unsaturated/α-hetero) is 1. The maximum Gasteiger partial charge on any atom is 0.164 e. The van der Waals surface area contributed by atoms with Gasteiger partial charge in [0.05, 0.1) is 19.6 Å². The topological polar surface area (TPSA) is 35.5 Å². The molecule has 16 heavy (non-hydrogen) atoms. The van der Waals surface area contributed by atoms with Crippen LogP contribution in [0.25, 0.3) is 0 Å². The third kappa shape index (κ3) is 2.90. The minimum atomic E-state index is -0.371. The van der Waals surface area contributed by atoms with E-state index in [2.05, 4.69) is 0 Å². The highest BCUT2D eigenvalue weighted by molar-refractivity contribution is 5.81. The van der Waals surface area contributed by atoms with E-state index in [9.17, 15) is 4.79 Å². The molecule has 1 aliphatic rings. The van der Waals surface area contributed by atoms with Gasteiger partial charge in [-0.2, -0.15) is 0 Å². The summed E-state index contributed by atoms with van der Waals surface area (Å²) in [6.45, 7) is 2.85. The van der Waals surface area contributed by atoms with Gasteiger partial charge in [-0.25, -0.2) is 0 Å². The Morgan fingerprint density at radius 1 is 1.38 bits per heavy atom. The molecule has 1 aromatic carbocycles. The number of carbonyl (C=O) groups is 1. The number of ketones is 1. The van der Waals surface area contributed by atoms with Crippen molar-refractivity contribution in [2.45, 2.75) is 26.2 Å². The molecule has 0 radical (unpaired) electrons. The van der Waals surface area contributed by atoms with Crippen LogP contribution in [-0.4, -0.2) is 18.7 Å². The van der Waals surface area contributed by atoms with Crippen LogP contribution in [0, 0.1) is 5.92 Å². The highest BCUT2D eigenvalue weighted by atomic mass is 16.7. The first-order chi connectivity index (χ1) is 7.75. The Labute approximate surface area is 95.4 Å². The summed E-state index contributed by atoms with van der Waals surface area (Å²) in [4.78, 5) is 11.5. The van der Waals surface area contributed by atoms with Crippen LogP contribution in [0.5, 0.6) is 0 Å². The number of hydrogen-bond donors (Lipinski definition) is 0. The predicted octanol–water partition coefficient (Wildman–Crippen LogP) is 2.15. The number of rotatable bonds is 3. The second-order valence-corrected chi connectivity index (χ2v) is 4.13. The Morgan fingerprint density at radius 3 is 2.81 bits per heavy atom. The van der Waals surface area contributed by atoms with E-state index in [1.54, 1.807) is 0 Å². The van der Waals surface area contributed by atoms with Gasteiger partial charge in [0.15, 0.2) is 6.29 Å². The van der Waals surface area contributed by atoms with Crippen molar-refractivity contribution in [1.82, 2.24) is 0 Å². The lowest BCUT2D eigenvalue weighted by atomic mass is 10.0. The Bertz CT molecular complexity index is 347. The van der Waals surface area contributed by atoms with Crippen molar-refractivity contribution in [2.24, 2.45) is 5.92 Å². The Morgan fingerprint density at radius 2 is 2.12 bits per heavy atom. The molecule has 0 saturated carbocycles. The highest BCUT2D eigenvalue weighted by Crippen LogP contribution is 2.17. The predicted molar refractivity (Wildman–Crippen MR) is 59.8 cm³/mol. The zero-order valence-electron chi connectivity index (χ0n) is 9.39. The standard InChI is InChI=1S/C13H16O3/c1-10-8-15-13(7-12(10)14)16-9-11-5-3-2-4-6-11/h2-6,10,13H,7-9H2,1H3/t10-,13-/m0/s1. The zero-order chi connectivity index (χ0) is 11.4. The van der Waals surface area contributed by atoms with Gasteiger partial charge < -0.3 is 9.47 Å². The summed E-state index contributed by atoms with van der Waals surface area (Å²) in [6, 6.07) is 9.88. The number of carbonyl (C=O) groups excluding carboxylic acids is 1. The molecule has 86 valence electrons. The van der Waals surface area contributed by atoms with E-state index in [0.717, 1.165) is 5.56 Å². The molecule has 0 bridgehead atoms. The van der Waals surface area contributed by atoms with Gasteiger partial charge in [0.2, 0.25) is 0 Å². The number of hydrogen-bond acceptors (Lipinski definition) is 3. The Balaban J connectivity index is 1.81. The van der Waals surface area contributed by atoms with Crippen LogP contribution in [0.15, 0.2) is 30.3 Å². The lowest BCUT2D eigenvalue weighted by Crippen LogP contribution is -2.33. The summed E-state index contributed by atoms with van der Waals surface area (Å²) in [5.41, 5.74) is 1.09. The van der Waals surface area contributed by atoms with Crippen molar-refractivity contribution < 1.29 is 14.3 Å². The van der Waals surface area contributed by atoms with Crippen LogP contribution in [0.2, 0.25) is 0 Å². The molecular formula is C13H16O3. The average molecular weight is 220 g/mol. The molecule has 2 rings (SSSR count). The molecule has 3 nitrogen and oxygen atoms in total. The third-order valence-corrected chi connectivity index (χ3v) is 2.73. The van der Waals surface area contributed by atoms with E-state index in [-0.39, 0.29) is 18.0 Å². The number of benzene rings is 1. The molecule has 1 aliphatic heterocycles. The van der Waals surface area contributed by atoms with Crippen LogP contribution < -0.4 is 0 Å². The summed E-state index contributed by atoms with van der Waals surface area (Å²) in [7, 11) is 0. The van der Waals surface area contributed by atoms with E-state index in [4.69, 9.17) is 9.47 Å². The summed E-state index contributed by atoms with van der Waals surface area (Å²) in [5.74, 6) is 0.237. The van der Waals surface area contributed by atoms with Crippen LogP contribution in [0.1, 0.15) is 18.9 Å². The molecule has 2 atom stereocenters. The fraction of sp³-hybridized carbons (Fsp3) is 0.462. The van der Waals surface area contributed by atoms with Crippen LogP contribution in [-0.2, 0) is 20.9 Å². The molecule has 0 N–H and O–H groups in total. The summed E-state index contributed by atoms with van der Waals surface area (Å²) >= 11 is 0. The SMILES string of the molecule is C[C@H]1CO[C@@H](OCc2ccccc2)CC1=O. The third-order valence-electron chi connectivity index (χ3n) is 2.73. The highest BCUT2D eigenvalue weighted by Gasteiger charge is 2.26. The maximum absolute atomic E-state index is 11.5. The van der Waals surface area contributed by atoms with E-state index in [0.29, 0.717) is 19.6 Å². The van der Waals surface area contributed by atoms with Gasteiger partial charge in [0, 0.05) is 5.92 Å². The first-order valence-electron chi connectivity index (χ1n) is 5.55. The van der Waals surface area contributed by atoms with Crippen molar-refractivity contribution in [3.05, 3.63) is 35.9 Å². The Kier molecular flexibility index (Phi) is 3.70. The van der Waals surface area contributed by atoms with Crippen LogP contribution >= 0.6 is 0 Å². The molecule has 0 aromatic heterocycles. The normalized spacial score (nSPS) is 25.7. The summed E-state index contributed by atoms with van der Waals surface area (Å²) < 4.78 is 11.0. The second kappa shape index (κ2) is 5.23. The molecule has 1 aromatic rings. The first kappa shape index (κ1) is 11.3. The first-order valence-corrected chi connectivity index (χ1v) is 5.55. The minimum Gasteiger partial charge on any atom is -0.351 e. The van der Waals surface area contributed by atoms with E-state index < -0.39 is 0 Å². The molecule has 0 aliphatic carbocycles. The quantitative estimate of drug-likeness (QED) is 0.783. The minimum absolute atomic E-state index is 0.0107. The lowest BCUT2D eigenvalue weighted by Gasteiger charge is -2.25. The van der Waals surface area contributed by atoms with Gasteiger partial charge >= 0.3 is 0 Å². The molecule has 0 unspecified atom stereocenters. The molecule has 3 heteroatoms. The van der Waals surface area contributed by atoms with Crippen LogP contribution in [0.4, 0.5) is 0 Å². The average Bonchev–Trinajstić information content (AvgIpc) is 2.32. The van der Waals surface area contributed by atoms with Gasteiger partial charge in [-0.05, 0) is 5.56 Å². The van der Waals surface area contributed by atoms with Gasteiger partial charge in [-0.1, -0.05) is 37.3 Å². The summed E-state index contributed by atoms with van der Waals surface area (Å²) in [6.07, 6.45) is -0.00234. The number of ether oxygens (including phenoxy) is 2. The van der Waals surface area contributed by atoms with E-state index in [1.165, 1.54) is 0 Å². The van der Waals surface area contributed by atoms with Crippen molar-refractivity contribution in [3.8, 4) is 0 Å². The fourth-order valence-electron chi connectivity index (χ4n) is 1.64.